The standard InChI is InChI=1S/C10H17NO.ClH/c1-2-10(1)9(3-6-11-10)4-7-12-8-5-9;/h11H,1-8H2;1H. The summed E-state index contributed by atoms with van der Waals surface area (Å²) in [5.74, 6) is 0. The molecular formula is C10H18ClNO. The maximum absolute atomic E-state index is 5.45. The lowest BCUT2D eigenvalue weighted by Gasteiger charge is -2.38. The summed E-state index contributed by atoms with van der Waals surface area (Å²) in [4.78, 5) is 0. The summed E-state index contributed by atoms with van der Waals surface area (Å²) < 4.78 is 5.45. The number of rotatable bonds is 0. The Morgan fingerprint density at radius 3 is 2.23 bits per heavy atom. The van der Waals surface area contributed by atoms with Crippen LogP contribution in [0.2, 0.25) is 0 Å². The van der Waals surface area contributed by atoms with Crippen LogP contribution in [0.1, 0.15) is 32.1 Å². The predicted octanol–water partition coefficient (Wildman–Crippen LogP) is 1.73. The fraction of sp³-hybridized carbons (Fsp3) is 1.00. The van der Waals surface area contributed by atoms with E-state index < -0.39 is 0 Å². The highest BCUT2D eigenvalue weighted by atomic mass is 35.5. The van der Waals surface area contributed by atoms with Crippen molar-refractivity contribution in [1.82, 2.24) is 5.32 Å². The van der Waals surface area contributed by atoms with E-state index in [2.05, 4.69) is 5.32 Å². The maximum atomic E-state index is 5.45. The Morgan fingerprint density at radius 2 is 1.62 bits per heavy atom. The van der Waals surface area contributed by atoms with E-state index >= 15 is 0 Å². The summed E-state index contributed by atoms with van der Waals surface area (Å²) in [6.07, 6.45) is 6.86. The van der Waals surface area contributed by atoms with Gasteiger partial charge in [-0.25, -0.2) is 0 Å². The van der Waals surface area contributed by atoms with Crippen molar-refractivity contribution in [3.63, 3.8) is 0 Å². The number of ether oxygens (including phenoxy) is 1. The fourth-order valence-electron chi connectivity index (χ4n) is 3.29. The summed E-state index contributed by atoms with van der Waals surface area (Å²) in [5, 5.41) is 3.71. The number of halogens is 1. The third-order valence-electron chi connectivity index (χ3n) is 4.28. The molecule has 3 heteroatoms. The van der Waals surface area contributed by atoms with Crippen molar-refractivity contribution in [3.05, 3.63) is 0 Å². The lowest BCUT2D eigenvalue weighted by atomic mass is 9.72. The second kappa shape index (κ2) is 3.11. The average Bonchev–Trinajstić information content (AvgIpc) is 2.80. The van der Waals surface area contributed by atoms with Gasteiger partial charge in [0.25, 0.3) is 0 Å². The zero-order valence-electron chi connectivity index (χ0n) is 7.97. The molecule has 2 heterocycles. The van der Waals surface area contributed by atoms with Crippen LogP contribution in [0.5, 0.6) is 0 Å². The van der Waals surface area contributed by atoms with Gasteiger partial charge in [0, 0.05) is 18.8 Å². The average molecular weight is 204 g/mol. The third kappa shape index (κ3) is 1.23. The first-order valence-electron chi connectivity index (χ1n) is 5.20. The molecule has 0 aromatic carbocycles. The monoisotopic (exact) mass is 203 g/mol. The number of nitrogens with one attached hydrogen (secondary N) is 1. The van der Waals surface area contributed by atoms with Crippen molar-refractivity contribution in [3.8, 4) is 0 Å². The van der Waals surface area contributed by atoms with E-state index in [0.29, 0.717) is 11.0 Å². The van der Waals surface area contributed by atoms with Crippen molar-refractivity contribution in [1.29, 1.82) is 0 Å². The molecule has 76 valence electrons. The van der Waals surface area contributed by atoms with E-state index in [9.17, 15) is 0 Å². The van der Waals surface area contributed by atoms with Gasteiger partial charge in [-0.3, -0.25) is 0 Å². The minimum atomic E-state index is 0. The summed E-state index contributed by atoms with van der Waals surface area (Å²) >= 11 is 0. The number of hydrogen-bond acceptors (Lipinski definition) is 2. The molecule has 2 spiro atoms. The Balaban J connectivity index is 0.000000653. The van der Waals surface area contributed by atoms with Crippen LogP contribution in [-0.2, 0) is 4.74 Å². The van der Waals surface area contributed by atoms with Crippen LogP contribution in [0.25, 0.3) is 0 Å². The van der Waals surface area contributed by atoms with E-state index in [1.807, 2.05) is 0 Å². The normalized spacial score (nSPS) is 33.2. The minimum Gasteiger partial charge on any atom is -0.381 e. The lowest BCUT2D eigenvalue weighted by molar-refractivity contribution is 0.00297. The van der Waals surface area contributed by atoms with Gasteiger partial charge < -0.3 is 10.1 Å². The maximum Gasteiger partial charge on any atom is 0.0472 e. The molecule has 0 atom stereocenters. The van der Waals surface area contributed by atoms with E-state index in [-0.39, 0.29) is 12.4 Å². The SMILES string of the molecule is C1CC2(CCOCC2)C2(CC2)N1.Cl. The second-order valence-corrected chi connectivity index (χ2v) is 4.65. The molecule has 0 aromatic rings. The van der Waals surface area contributed by atoms with Crippen molar-refractivity contribution in [2.45, 2.75) is 37.6 Å². The Bertz CT molecular complexity index is 197. The van der Waals surface area contributed by atoms with E-state index in [4.69, 9.17) is 4.74 Å². The summed E-state index contributed by atoms with van der Waals surface area (Å²) in [5.41, 5.74) is 1.22. The molecular weight excluding hydrogens is 186 g/mol. The highest BCUT2D eigenvalue weighted by Crippen LogP contribution is 2.59. The zero-order valence-corrected chi connectivity index (χ0v) is 8.79. The van der Waals surface area contributed by atoms with Gasteiger partial charge in [0.2, 0.25) is 0 Å². The molecule has 2 nitrogen and oxygen atoms in total. The van der Waals surface area contributed by atoms with Crippen LogP contribution in [0, 0.1) is 5.41 Å². The molecule has 3 fully saturated rings. The number of fused-ring (bicyclic) bond motifs is 1. The first-order valence-corrected chi connectivity index (χ1v) is 5.20. The van der Waals surface area contributed by atoms with Gasteiger partial charge in [0.1, 0.15) is 0 Å². The van der Waals surface area contributed by atoms with Crippen LogP contribution < -0.4 is 5.32 Å². The van der Waals surface area contributed by atoms with E-state index in [0.717, 1.165) is 13.2 Å². The largest absolute Gasteiger partial charge is 0.381 e. The first-order chi connectivity index (χ1) is 5.87. The van der Waals surface area contributed by atoms with Crippen LogP contribution >= 0.6 is 12.4 Å². The summed E-state index contributed by atoms with van der Waals surface area (Å²) in [6.45, 7) is 3.26. The van der Waals surface area contributed by atoms with E-state index in [1.54, 1.807) is 0 Å². The first kappa shape index (κ1) is 9.75. The summed E-state index contributed by atoms with van der Waals surface area (Å²) in [7, 11) is 0. The van der Waals surface area contributed by atoms with Gasteiger partial charge >= 0.3 is 0 Å². The molecule has 1 N–H and O–H groups in total. The molecule has 3 rings (SSSR count). The molecule has 0 unspecified atom stereocenters. The van der Waals surface area contributed by atoms with Crippen LogP contribution in [0.3, 0.4) is 0 Å². The lowest BCUT2D eigenvalue weighted by Crippen LogP contribution is -2.42. The minimum absolute atomic E-state index is 0. The molecule has 2 aliphatic heterocycles. The third-order valence-corrected chi connectivity index (χ3v) is 4.28. The van der Waals surface area contributed by atoms with Crippen molar-refractivity contribution >= 4 is 12.4 Å². The Hall–Kier alpha value is 0.210. The van der Waals surface area contributed by atoms with Crippen molar-refractivity contribution < 1.29 is 4.74 Å². The quantitative estimate of drug-likeness (QED) is 0.648. The van der Waals surface area contributed by atoms with Gasteiger partial charge in [-0.1, -0.05) is 0 Å². The van der Waals surface area contributed by atoms with Gasteiger partial charge in [-0.2, -0.15) is 0 Å². The van der Waals surface area contributed by atoms with Crippen LogP contribution in [0.15, 0.2) is 0 Å². The molecule has 0 amide bonds. The smallest absolute Gasteiger partial charge is 0.0472 e. The Kier molecular flexibility index (Phi) is 2.33. The Morgan fingerprint density at radius 1 is 0.923 bits per heavy atom. The highest BCUT2D eigenvalue weighted by Gasteiger charge is 2.61. The molecule has 1 saturated carbocycles. The topological polar surface area (TPSA) is 21.3 Å². The molecule has 1 aliphatic carbocycles. The molecule has 13 heavy (non-hydrogen) atoms. The Labute approximate surface area is 85.8 Å². The molecule has 0 aromatic heterocycles. The van der Waals surface area contributed by atoms with Gasteiger partial charge in [-0.15, -0.1) is 12.4 Å². The van der Waals surface area contributed by atoms with Crippen LogP contribution in [0.4, 0.5) is 0 Å². The highest BCUT2D eigenvalue weighted by molar-refractivity contribution is 5.85. The van der Waals surface area contributed by atoms with Gasteiger partial charge in [0.15, 0.2) is 0 Å². The van der Waals surface area contributed by atoms with Gasteiger partial charge in [0.05, 0.1) is 0 Å². The summed E-state index contributed by atoms with van der Waals surface area (Å²) in [6, 6.07) is 0. The molecule has 0 radical (unpaired) electrons. The zero-order chi connectivity index (χ0) is 8.07. The van der Waals surface area contributed by atoms with Gasteiger partial charge in [-0.05, 0) is 44.1 Å². The molecule has 3 aliphatic rings. The van der Waals surface area contributed by atoms with Crippen molar-refractivity contribution in [2.24, 2.45) is 5.41 Å². The molecule has 0 bridgehead atoms. The molecule has 2 saturated heterocycles. The predicted molar refractivity (Wildman–Crippen MR) is 54.3 cm³/mol. The van der Waals surface area contributed by atoms with Crippen molar-refractivity contribution in [2.75, 3.05) is 19.8 Å². The second-order valence-electron chi connectivity index (χ2n) is 4.65. The van der Waals surface area contributed by atoms with Crippen LogP contribution in [-0.4, -0.2) is 25.3 Å². The van der Waals surface area contributed by atoms with E-state index in [1.165, 1.54) is 38.6 Å². The number of hydrogen-bond donors (Lipinski definition) is 1. The fourth-order valence-corrected chi connectivity index (χ4v) is 3.29.